The Balaban J connectivity index is 0.00000132. The summed E-state index contributed by atoms with van der Waals surface area (Å²) in [6.45, 7) is 1.11. The molecule has 0 fully saturated rings. The maximum atomic E-state index is 5.97. The zero-order chi connectivity index (χ0) is 13.5. The Labute approximate surface area is 134 Å². The van der Waals surface area contributed by atoms with Crippen molar-refractivity contribution in [2.24, 2.45) is 0 Å². The van der Waals surface area contributed by atoms with Crippen molar-refractivity contribution in [3.63, 3.8) is 0 Å². The van der Waals surface area contributed by atoms with E-state index in [9.17, 15) is 0 Å². The molecule has 0 amide bonds. The van der Waals surface area contributed by atoms with E-state index in [0.717, 1.165) is 16.8 Å². The van der Waals surface area contributed by atoms with Crippen molar-refractivity contribution in [2.45, 2.75) is 6.23 Å². The van der Waals surface area contributed by atoms with Crippen molar-refractivity contribution < 1.29 is 14.0 Å². The molecule has 2 aliphatic heterocycles. The normalized spacial score (nSPS) is 19.5. The molecular formula is C14H15BClNO3S. The van der Waals surface area contributed by atoms with E-state index in [4.69, 9.17) is 14.0 Å². The van der Waals surface area contributed by atoms with E-state index in [1.807, 2.05) is 13.1 Å². The first-order valence-electron chi connectivity index (χ1n) is 6.66. The van der Waals surface area contributed by atoms with Crippen LogP contribution in [-0.2, 0) is 9.31 Å². The molecule has 7 heteroatoms. The molecule has 2 aromatic rings. The van der Waals surface area contributed by atoms with Gasteiger partial charge in [0.05, 0.1) is 6.61 Å². The van der Waals surface area contributed by atoms with Gasteiger partial charge in [-0.1, -0.05) is 6.07 Å². The van der Waals surface area contributed by atoms with Crippen LogP contribution in [0.5, 0.6) is 5.75 Å². The van der Waals surface area contributed by atoms with Crippen LogP contribution in [-0.4, -0.2) is 27.4 Å². The number of benzene rings is 1. The molecular weight excluding hydrogens is 308 g/mol. The van der Waals surface area contributed by atoms with E-state index in [-0.39, 0.29) is 25.8 Å². The van der Waals surface area contributed by atoms with E-state index in [2.05, 4.69) is 28.9 Å². The Bertz CT molecular complexity index is 637. The highest BCUT2D eigenvalue weighted by Gasteiger charge is 2.42. The number of hydrogen-bond acceptors (Lipinski definition) is 5. The summed E-state index contributed by atoms with van der Waals surface area (Å²) >= 11 is 1.73. The zero-order valence-electron chi connectivity index (χ0n) is 11.5. The predicted octanol–water partition coefficient (Wildman–Crippen LogP) is 2.19. The molecule has 0 bridgehead atoms. The number of rotatable bonds is 2. The van der Waals surface area contributed by atoms with Crippen LogP contribution >= 0.6 is 23.7 Å². The highest BCUT2D eigenvalue weighted by Crippen LogP contribution is 2.37. The van der Waals surface area contributed by atoms with Gasteiger partial charge in [-0.3, -0.25) is 5.32 Å². The second-order valence-corrected chi connectivity index (χ2v) is 5.72. The van der Waals surface area contributed by atoms with Crippen molar-refractivity contribution in [3.05, 3.63) is 35.2 Å². The van der Waals surface area contributed by atoms with Crippen LogP contribution in [0.15, 0.2) is 29.6 Å². The summed E-state index contributed by atoms with van der Waals surface area (Å²) in [4.78, 5) is 1.23. The molecule has 0 unspecified atom stereocenters. The van der Waals surface area contributed by atoms with Crippen molar-refractivity contribution in [2.75, 3.05) is 20.3 Å². The lowest BCUT2D eigenvalue weighted by molar-refractivity contribution is 0.128. The molecule has 1 N–H and O–H groups in total. The third-order valence-electron chi connectivity index (χ3n) is 3.66. The number of thiophene rings is 1. The number of nitrogens with one attached hydrogen (secondary N) is 1. The van der Waals surface area contributed by atoms with Gasteiger partial charge in [0, 0.05) is 15.9 Å². The molecule has 0 saturated carbocycles. The SMILES string of the molecule is CN[C@H]1OB2OCCOc3ccc(-c4cccs4)c1c32.Cl. The number of ether oxygens (including phenoxy) is 1. The molecule has 4 nitrogen and oxygen atoms in total. The van der Waals surface area contributed by atoms with Crippen molar-refractivity contribution >= 4 is 36.3 Å². The van der Waals surface area contributed by atoms with Gasteiger partial charge in [0.15, 0.2) is 0 Å². The maximum absolute atomic E-state index is 5.97. The summed E-state index contributed by atoms with van der Waals surface area (Å²) < 4.78 is 17.5. The summed E-state index contributed by atoms with van der Waals surface area (Å²) in [5.41, 5.74) is 3.36. The molecule has 110 valence electrons. The molecule has 0 spiro atoms. The van der Waals surface area contributed by atoms with Gasteiger partial charge in [-0.05, 0) is 36.2 Å². The van der Waals surface area contributed by atoms with Gasteiger partial charge in [-0.2, -0.15) is 0 Å². The third kappa shape index (κ3) is 2.37. The molecule has 0 aliphatic carbocycles. The molecule has 1 aromatic carbocycles. The van der Waals surface area contributed by atoms with Crippen LogP contribution < -0.4 is 15.5 Å². The highest BCUT2D eigenvalue weighted by molar-refractivity contribution is 7.13. The fourth-order valence-electron chi connectivity index (χ4n) is 2.82. The summed E-state index contributed by atoms with van der Waals surface area (Å²) in [6.07, 6.45) is -0.159. The fraction of sp³-hybridized carbons (Fsp3) is 0.286. The van der Waals surface area contributed by atoms with Gasteiger partial charge in [-0.25, -0.2) is 0 Å². The Kier molecular flexibility index (Phi) is 4.24. The summed E-state index contributed by atoms with van der Waals surface area (Å²) in [5.74, 6) is 0.876. The van der Waals surface area contributed by atoms with Gasteiger partial charge >= 0.3 is 7.12 Å². The van der Waals surface area contributed by atoms with Gasteiger partial charge in [0.25, 0.3) is 0 Å². The summed E-state index contributed by atoms with van der Waals surface area (Å²) in [5, 5.41) is 5.29. The lowest BCUT2D eigenvalue weighted by Gasteiger charge is -2.16. The number of hydrogen-bond donors (Lipinski definition) is 1. The Morgan fingerprint density at radius 3 is 2.95 bits per heavy atom. The first-order valence-corrected chi connectivity index (χ1v) is 7.54. The first-order chi connectivity index (χ1) is 9.88. The van der Waals surface area contributed by atoms with E-state index in [0.29, 0.717) is 13.2 Å². The summed E-state index contributed by atoms with van der Waals surface area (Å²) in [6, 6.07) is 8.33. The molecule has 1 aromatic heterocycles. The monoisotopic (exact) mass is 323 g/mol. The van der Waals surface area contributed by atoms with Crippen LogP contribution in [0, 0.1) is 0 Å². The topological polar surface area (TPSA) is 39.7 Å². The molecule has 2 aliphatic rings. The highest BCUT2D eigenvalue weighted by atomic mass is 35.5. The molecule has 3 heterocycles. The van der Waals surface area contributed by atoms with E-state index < -0.39 is 0 Å². The first kappa shape index (κ1) is 14.9. The minimum Gasteiger partial charge on any atom is -0.492 e. The van der Waals surface area contributed by atoms with Crippen LogP contribution in [0.3, 0.4) is 0 Å². The predicted molar refractivity (Wildman–Crippen MR) is 86.7 cm³/mol. The lowest BCUT2D eigenvalue weighted by atomic mass is 9.76. The van der Waals surface area contributed by atoms with Crippen LogP contribution in [0.25, 0.3) is 10.4 Å². The van der Waals surface area contributed by atoms with E-state index >= 15 is 0 Å². The Hall–Kier alpha value is -1.05. The third-order valence-corrected chi connectivity index (χ3v) is 4.57. The van der Waals surface area contributed by atoms with Gasteiger partial charge in [0.2, 0.25) is 0 Å². The molecule has 0 saturated heterocycles. The Morgan fingerprint density at radius 1 is 1.29 bits per heavy atom. The maximum Gasteiger partial charge on any atom is 0.499 e. The molecule has 1 atom stereocenters. The van der Waals surface area contributed by atoms with Gasteiger partial charge in [0.1, 0.15) is 18.6 Å². The van der Waals surface area contributed by atoms with Crippen LogP contribution in [0.4, 0.5) is 0 Å². The molecule has 0 radical (unpaired) electrons. The Morgan fingerprint density at radius 2 is 2.19 bits per heavy atom. The van der Waals surface area contributed by atoms with Crippen LogP contribution in [0.1, 0.15) is 11.8 Å². The van der Waals surface area contributed by atoms with Crippen molar-refractivity contribution in [3.8, 4) is 16.2 Å². The smallest absolute Gasteiger partial charge is 0.492 e. The van der Waals surface area contributed by atoms with Crippen LogP contribution in [0.2, 0.25) is 0 Å². The van der Waals surface area contributed by atoms with Crippen molar-refractivity contribution in [1.82, 2.24) is 5.32 Å². The number of halogens is 1. The molecule has 21 heavy (non-hydrogen) atoms. The summed E-state index contributed by atoms with van der Waals surface area (Å²) in [7, 11) is 1.56. The second-order valence-electron chi connectivity index (χ2n) is 4.77. The second kappa shape index (κ2) is 5.98. The standard InChI is InChI=1S/C14H14BNO3S.ClH/c1-16-14-12-9(11-3-2-8-20-11)4-5-10-13(12)15(19-14)18-7-6-17-10;/h2-5,8,14,16H,6-7H2,1H3;1H/t14-;/m0./s1. The van der Waals surface area contributed by atoms with E-state index in [1.165, 1.54) is 10.4 Å². The lowest BCUT2D eigenvalue weighted by Crippen LogP contribution is -2.31. The zero-order valence-corrected chi connectivity index (χ0v) is 13.1. The van der Waals surface area contributed by atoms with Gasteiger partial charge in [-0.15, -0.1) is 23.7 Å². The van der Waals surface area contributed by atoms with Crippen molar-refractivity contribution in [1.29, 1.82) is 0 Å². The minimum atomic E-state index is -0.333. The average molecular weight is 324 g/mol. The minimum absolute atomic E-state index is 0. The quantitative estimate of drug-likeness (QED) is 0.860. The average Bonchev–Trinajstić information content (AvgIpc) is 3.07. The largest absolute Gasteiger partial charge is 0.499 e. The van der Waals surface area contributed by atoms with E-state index in [1.54, 1.807) is 11.3 Å². The van der Waals surface area contributed by atoms with Gasteiger partial charge < -0.3 is 14.0 Å². The fourth-order valence-corrected chi connectivity index (χ4v) is 3.58. The molecule has 4 rings (SSSR count).